The molecule has 1 aromatic rings. The largest absolute Gasteiger partial charge is 0.487 e. The fourth-order valence-electron chi connectivity index (χ4n) is 1.30. The summed E-state index contributed by atoms with van der Waals surface area (Å²) in [6.45, 7) is 3.35. The smallest absolute Gasteiger partial charge is 0.321 e. The molecule has 0 aliphatic carbocycles. The number of nitro benzene ring substituents is 1. The van der Waals surface area contributed by atoms with E-state index in [1.165, 1.54) is 13.0 Å². The number of benzene rings is 1. The summed E-state index contributed by atoms with van der Waals surface area (Å²) < 4.78 is 5.90. The quantitative estimate of drug-likeness (QED) is 0.367. The molecule has 0 spiro atoms. The number of hydrogen-bond acceptors (Lipinski definition) is 4. The van der Waals surface area contributed by atoms with Crippen LogP contribution in [0.25, 0.3) is 0 Å². The topological polar surface area (TPSA) is 69.4 Å². The van der Waals surface area contributed by atoms with Crippen molar-refractivity contribution in [3.8, 4) is 5.75 Å². The molecule has 6 heteroatoms. The molecule has 0 fully saturated rings. The maximum absolute atomic E-state index is 11.3. The van der Waals surface area contributed by atoms with Gasteiger partial charge in [-0.15, -0.1) is 0 Å². The van der Waals surface area contributed by atoms with Gasteiger partial charge in [0.25, 0.3) is 0 Å². The van der Waals surface area contributed by atoms with Crippen molar-refractivity contribution >= 4 is 34.1 Å². The Hall–Kier alpha value is -1.18. The van der Waals surface area contributed by atoms with Gasteiger partial charge in [0, 0.05) is 9.64 Å². The molecule has 0 saturated heterocycles. The Kier molecular flexibility index (Phi) is 4.22. The van der Waals surface area contributed by atoms with E-state index >= 15 is 0 Å². The monoisotopic (exact) mass is 335 g/mol. The van der Waals surface area contributed by atoms with E-state index in [2.05, 4.69) is 0 Å². The Balaban J connectivity index is 3.47. The molecule has 16 heavy (non-hydrogen) atoms. The molecule has 1 rings (SSSR count). The summed E-state index contributed by atoms with van der Waals surface area (Å²) in [5.74, 6) is -0.198. The van der Waals surface area contributed by atoms with Crippen molar-refractivity contribution in [2.24, 2.45) is 0 Å². The van der Waals surface area contributed by atoms with Crippen molar-refractivity contribution in [1.82, 2.24) is 0 Å². The fraction of sp³-hybridized carbons (Fsp3) is 0.300. The SMILES string of the molecule is CCOc1cc(I)cc(C(C)=O)c1[N+](=O)[O-]. The van der Waals surface area contributed by atoms with Crippen LogP contribution in [0.3, 0.4) is 0 Å². The minimum absolute atomic E-state index is 0.0837. The number of ether oxygens (including phenoxy) is 1. The van der Waals surface area contributed by atoms with Crippen LogP contribution >= 0.6 is 22.6 Å². The van der Waals surface area contributed by atoms with E-state index in [1.807, 2.05) is 22.6 Å². The number of carbonyl (C=O) groups excluding carboxylic acids is 1. The van der Waals surface area contributed by atoms with E-state index in [0.717, 1.165) is 3.57 Å². The van der Waals surface area contributed by atoms with Crippen molar-refractivity contribution in [2.75, 3.05) is 6.61 Å². The lowest BCUT2D eigenvalue weighted by Gasteiger charge is -2.07. The van der Waals surface area contributed by atoms with Gasteiger partial charge in [0.15, 0.2) is 11.5 Å². The van der Waals surface area contributed by atoms with Crippen LogP contribution in [0.1, 0.15) is 24.2 Å². The molecule has 0 atom stereocenters. The first kappa shape index (κ1) is 12.9. The first-order chi connectivity index (χ1) is 7.47. The molecule has 0 unspecified atom stereocenters. The lowest BCUT2D eigenvalue weighted by atomic mass is 10.1. The highest BCUT2D eigenvalue weighted by molar-refractivity contribution is 14.1. The van der Waals surface area contributed by atoms with Crippen molar-refractivity contribution < 1.29 is 14.5 Å². The van der Waals surface area contributed by atoms with Crippen LogP contribution in [0.2, 0.25) is 0 Å². The van der Waals surface area contributed by atoms with Crippen LogP contribution in [-0.2, 0) is 0 Å². The van der Waals surface area contributed by atoms with Crippen LogP contribution in [0.4, 0.5) is 5.69 Å². The van der Waals surface area contributed by atoms with Crippen LogP contribution in [0, 0.1) is 13.7 Å². The Labute approximate surface area is 106 Å². The third kappa shape index (κ3) is 2.69. The predicted octanol–water partition coefficient (Wildman–Crippen LogP) is 2.80. The highest BCUT2D eigenvalue weighted by atomic mass is 127. The lowest BCUT2D eigenvalue weighted by Crippen LogP contribution is -2.05. The number of nitro groups is 1. The van der Waals surface area contributed by atoms with E-state index in [9.17, 15) is 14.9 Å². The van der Waals surface area contributed by atoms with Gasteiger partial charge < -0.3 is 4.74 Å². The fourth-order valence-corrected chi connectivity index (χ4v) is 1.89. The second-order valence-electron chi connectivity index (χ2n) is 3.05. The average Bonchev–Trinajstić information content (AvgIpc) is 2.16. The Morgan fingerprint density at radius 3 is 2.62 bits per heavy atom. The zero-order chi connectivity index (χ0) is 12.3. The molecule has 0 saturated carbocycles. The zero-order valence-corrected chi connectivity index (χ0v) is 11.0. The number of carbonyl (C=O) groups is 1. The molecule has 0 amide bonds. The molecule has 0 aliphatic rings. The second-order valence-corrected chi connectivity index (χ2v) is 4.29. The number of nitrogens with zero attached hydrogens (tertiary/aromatic N) is 1. The minimum Gasteiger partial charge on any atom is -0.487 e. The van der Waals surface area contributed by atoms with Crippen molar-refractivity contribution in [1.29, 1.82) is 0 Å². The van der Waals surface area contributed by atoms with Crippen LogP contribution in [0.15, 0.2) is 12.1 Å². The maximum atomic E-state index is 11.3. The summed E-state index contributed by atoms with van der Waals surface area (Å²) in [6.07, 6.45) is 0. The molecule has 5 nitrogen and oxygen atoms in total. The van der Waals surface area contributed by atoms with Crippen molar-refractivity contribution in [3.63, 3.8) is 0 Å². The van der Waals surface area contributed by atoms with Gasteiger partial charge in [0.2, 0.25) is 0 Å². The maximum Gasteiger partial charge on any atom is 0.321 e. The zero-order valence-electron chi connectivity index (χ0n) is 8.82. The highest BCUT2D eigenvalue weighted by Crippen LogP contribution is 2.33. The Morgan fingerprint density at radius 1 is 1.56 bits per heavy atom. The molecule has 0 heterocycles. The Bertz CT molecular complexity index is 445. The van der Waals surface area contributed by atoms with E-state index in [4.69, 9.17) is 4.74 Å². The van der Waals surface area contributed by atoms with Gasteiger partial charge in [0.05, 0.1) is 11.5 Å². The molecule has 0 N–H and O–H groups in total. The van der Waals surface area contributed by atoms with Crippen LogP contribution in [0.5, 0.6) is 5.75 Å². The van der Waals surface area contributed by atoms with E-state index in [0.29, 0.717) is 6.61 Å². The lowest BCUT2D eigenvalue weighted by molar-refractivity contribution is -0.386. The van der Waals surface area contributed by atoms with Gasteiger partial charge in [0.1, 0.15) is 5.56 Å². The number of ketones is 1. The van der Waals surface area contributed by atoms with Gasteiger partial charge in [-0.1, -0.05) is 0 Å². The van der Waals surface area contributed by atoms with E-state index < -0.39 is 4.92 Å². The van der Waals surface area contributed by atoms with Gasteiger partial charge in [-0.25, -0.2) is 0 Å². The first-order valence-corrected chi connectivity index (χ1v) is 5.67. The molecule has 1 aromatic carbocycles. The second kappa shape index (κ2) is 5.24. The summed E-state index contributed by atoms with van der Waals surface area (Å²) in [6, 6.07) is 3.04. The third-order valence-electron chi connectivity index (χ3n) is 1.90. The molecule has 0 radical (unpaired) electrons. The summed E-state index contributed by atoms with van der Waals surface area (Å²) in [5, 5.41) is 10.9. The third-order valence-corrected chi connectivity index (χ3v) is 2.52. The van der Waals surface area contributed by atoms with Crippen molar-refractivity contribution in [3.05, 3.63) is 31.4 Å². The van der Waals surface area contributed by atoms with E-state index in [-0.39, 0.29) is 22.8 Å². The summed E-state index contributed by atoms with van der Waals surface area (Å²) in [4.78, 5) is 21.6. The minimum atomic E-state index is -0.586. The molecule has 0 aliphatic heterocycles. The molecule has 86 valence electrons. The van der Waals surface area contributed by atoms with Gasteiger partial charge in [-0.3, -0.25) is 14.9 Å². The molecule has 0 aromatic heterocycles. The predicted molar refractivity (Wildman–Crippen MR) is 67.0 cm³/mol. The van der Waals surface area contributed by atoms with Crippen LogP contribution < -0.4 is 4.74 Å². The van der Waals surface area contributed by atoms with Crippen LogP contribution in [-0.4, -0.2) is 17.3 Å². The van der Waals surface area contributed by atoms with Crippen molar-refractivity contribution in [2.45, 2.75) is 13.8 Å². The van der Waals surface area contributed by atoms with Gasteiger partial charge in [-0.2, -0.15) is 0 Å². The number of hydrogen-bond donors (Lipinski definition) is 0. The normalized spacial score (nSPS) is 9.94. The van der Waals surface area contributed by atoms with Gasteiger partial charge >= 0.3 is 5.69 Å². The number of Topliss-reactive ketones (excluding diaryl/α,β-unsaturated/α-hetero) is 1. The average molecular weight is 335 g/mol. The summed E-state index contributed by atoms with van der Waals surface area (Å²) >= 11 is 1.99. The number of rotatable bonds is 4. The molecular weight excluding hydrogens is 325 g/mol. The standard InChI is InChI=1S/C10H10INO4/c1-3-16-9-5-7(11)4-8(6(2)13)10(9)12(14)15/h4-5H,3H2,1-2H3. The van der Waals surface area contributed by atoms with Gasteiger partial charge in [-0.05, 0) is 42.5 Å². The van der Waals surface area contributed by atoms with E-state index in [1.54, 1.807) is 13.0 Å². The number of halogens is 1. The highest BCUT2D eigenvalue weighted by Gasteiger charge is 2.24. The summed E-state index contributed by atoms with van der Waals surface area (Å²) in [5.41, 5.74) is -0.171. The summed E-state index contributed by atoms with van der Waals surface area (Å²) in [7, 11) is 0. The Morgan fingerprint density at radius 2 is 2.19 bits per heavy atom. The molecular formula is C10H10INO4. The first-order valence-electron chi connectivity index (χ1n) is 4.59. The molecule has 0 bridgehead atoms.